The first-order valence-corrected chi connectivity index (χ1v) is 12.8. The summed E-state index contributed by atoms with van der Waals surface area (Å²) < 4.78 is 25.4. The molecule has 1 amide bonds. The second-order valence-corrected chi connectivity index (χ2v) is 10.0. The lowest BCUT2D eigenvalue weighted by Crippen LogP contribution is -2.44. The van der Waals surface area contributed by atoms with Crippen molar-refractivity contribution in [3.05, 3.63) is 18.2 Å². The molecule has 2 N–H and O–H groups in total. The Morgan fingerprint density at radius 1 is 1.31 bits per heavy atom. The van der Waals surface area contributed by atoms with E-state index >= 15 is 0 Å². The number of nitrogens with two attached hydrogens (primary N) is 1. The van der Waals surface area contributed by atoms with Crippen molar-refractivity contribution in [2.24, 2.45) is 5.14 Å². The number of imidazole rings is 1. The number of likely N-dealkylation sites (tertiary alicyclic amines) is 1. The number of carbonyl (C=O) groups is 1. The van der Waals surface area contributed by atoms with Gasteiger partial charge in [0.25, 0.3) is 0 Å². The van der Waals surface area contributed by atoms with Crippen LogP contribution in [0.3, 0.4) is 0 Å². The van der Waals surface area contributed by atoms with Crippen LogP contribution in [0.15, 0.2) is 28.3 Å². The monoisotopic (exact) mass is 438 g/mol. The predicted molar refractivity (Wildman–Crippen MR) is 116 cm³/mol. The van der Waals surface area contributed by atoms with E-state index in [0.717, 1.165) is 55.9 Å². The normalized spacial score (nSPS) is 17.8. The molecule has 7 nitrogen and oxygen atoms in total. The fourth-order valence-electron chi connectivity index (χ4n) is 3.87. The summed E-state index contributed by atoms with van der Waals surface area (Å²) in [5, 5.41) is 6.01. The van der Waals surface area contributed by atoms with Crippen LogP contribution in [-0.2, 0) is 21.4 Å². The number of piperidine rings is 1. The second-order valence-electron chi connectivity index (χ2n) is 7.53. The van der Waals surface area contributed by atoms with Gasteiger partial charge in [0.15, 0.2) is 5.16 Å². The Morgan fingerprint density at radius 3 is 2.79 bits per heavy atom. The van der Waals surface area contributed by atoms with Crippen LogP contribution in [0.4, 0.5) is 0 Å². The lowest BCUT2D eigenvalue weighted by Gasteiger charge is -2.35. The molecular formula is C20H30N4O3S2. The zero-order valence-corrected chi connectivity index (χ0v) is 18.8. The molecule has 0 aliphatic carbocycles. The highest BCUT2D eigenvalue weighted by atomic mass is 32.2. The minimum Gasteiger partial charge on any atom is -0.339 e. The first-order valence-electron chi connectivity index (χ1n) is 10.3. The summed E-state index contributed by atoms with van der Waals surface area (Å²) in [6.45, 7) is 5.87. The Morgan fingerprint density at radius 2 is 2.10 bits per heavy atom. The number of aromatic nitrogens is 2. The van der Waals surface area contributed by atoms with Gasteiger partial charge in [-0.25, -0.2) is 18.5 Å². The van der Waals surface area contributed by atoms with E-state index in [1.807, 2.05) is 4.90 Å². The zero-order chi connectivity index (χ0) is 21.0. The van der Waals surface area contributed by atoms with Gasteiger partial charge >= 0.3 is 0 Å². The molecule has 1 aliphatic rings. The largest absolute Gasteiger partial charge is 0.339 e. The standard InChI is InChI=1S/C20H30N4O3S2/c1-3-5-11-24-18-10-9-16(29(21,26)27)13-17(18)22-20(24)28-14-19(25)23-12-7-6-8-15(23)4-2/h9-10,13,15H,3-8,11-12,14H2,1-2H3,(H2,21,26,27)/t15-/m1/s1. The molecule has 0 radical (unpaired) electrons. The topological polar surface area (TPSA) is 98.3 Å². The van der Waals surface area contributed by atoms with E-state index in [0.29, 0.717) is 17.3 Å². The van der Waals surface area contributed by atoms with Gasteiger partial charge in [-0.2, -0.15) is 0 Å². The fourth-order valence-corrected chi connectivity index (χ4v) is 5.33. The summed E-state index contributed by atoms with van der Waals surface area (Å²) in [5.74, 6) is 0.495. The van der Waals surface area contributed by atoms with Crippen molar-refractivity contribution in [2.75, 3.05) is 12.3 Å². The molecule has 0 saturated carbocycles. The number of amides is 1. The van der Waals surface area contributed by atoms with Gasteiger partial charge in [0.2, 0.25) is 15.9 Å². The van der Waals surface area contributed by atoms with Crippen molar-refractivity contribution in [2.45, 2.75) is 75.0 Å². The van der Waals surface area contributed by atoms with Crippen LogP contribution in [-0.4, -0.2) is 47.1 Å². The maximum atomic E-state index is 12.8. The number of hydrogen-bond acceptors (Lipinski definition) is 5. The van der Waals surface area contributed by atoms with Gasteiger partial charge in [-0.15, -0.1) is 0 Å². The Bertz CT molecular complexity index is 972. The van der Waals surface area contributed by atoms with E-state index in [1.165, 1.54) is 30.3 Å². The lowest BCUT2D eigenvalue weighted by atomic mass is 10.0. The molecule has 1 aliphatic heterocycles. The highest BCUT2D eigenvalue weighted by molar-refractivity contribution is 7.99. The Hall–Kier alpha value is -1.58. The first-order chi connectivity index (χ1) is 13.8. The number of thioether (sulfide) groups is 1. The third kappa shape index (κ3) is 5.13. The number of nitrogens with zero attached hydrogens (tertiary/aromatic N) is 3. The van der Waals surface area contributed by atoms with E-state index in [1.54, 1.807) is 6.07 Å². The van der Waals surface area contributed by atoms with E-state index in [-0.39, 0.29) is 10.8 Å². The number of rotatable bonds is 8. The third-order valence-corrected chi connectivity index (χ3v) is 7.36. The molecule has 2 heterocycles. The predicted octanol–water partition coefficient (Wildman–Crippen LogP) is 3.37. The number of aryl methyl sites for hydroxylation is 1. The highest BCUT2D eigenvalue weighted by Gasteiger charge is 2.25. The fraction of sp³-hybridized carbons (Fsp3) is 0.600. The van der Waals surface area contributed by atoms with E-state index in [2.05, 4.69) is 23.4 Å². The van der Waals surface area contributed by atoms with E-state index in [4.69, 9.17) is 5.14 Å². The molecule has 1 aromatic carbocycles. The first kappa shape index (κ1) is 22.1. The van der Waals surface area contributed by atoms with Crippen LogP contribution >= 0.6 is 11.8 Å². The molecule has 9 heteroatoms. The van der Waals surface area contributed by atoms with Crippen molar-refractivity contribution in [3.8, 4) is 0 Å². The zero-order valence-electron chi connectivity index (χ0n) is 17.1. The Labute approximate surface area is 177 Å². The van der Waals surface area contributed by atoms with Crippen molar-refractivity contribution < 1.29 is 13.2 Å². The van der Waals surface area contributed by atoms with Gasteiger partial charge in [-0.1, -0.05) is 32.0 Å². The molecule has 2 aromatic rings. The third-order valence-electron chi connectivity index (χ3n) is 5.49. The van der Waals surface area contributed by atoms with Crippen LogP contribution in [0.5, 0.6) is 0 Å². The van der Waals surface area contributed by atoms with Gasteiger partial charge in [-0.3, -0.25) is 4.79 Å². The summed E-state index contributed by atoms with van der Waals surface area (Å²) in [6.07, 6.45) is 6.34. The average Bonchev–Trinajstić information content (AvgIpc) is 3.06. The minimum absolute atomic E-state index is 0.0527. The van der Waals surface area contributed by atoms with Crippen LogP contribution in [0.2, 0.25) is 0 Å². The van der Waals surface area contributed by atoms with E-state index in [9.17, 15) is 13.2 Å². The van der Waals surface area contributed by atoms with Gasteiger partial charge < -0.3 is 9.47 Å². The number of primary sulfonamides is 1. The molecule has 0 unspecified atom stereocenters. The van der Waals surface area contributed by atoms with Crippen LogP contribution < -0.4 is 5.14 Å². The van der Waals surface area contributed by atoms with Crippen LogP contribution in [0.1, 0.15) is 52.4 Å². The Kier molecular flexibility index (Phi) is 7.23. The molecule has 0 bridgehead atoms. The average molecular weight is 439 g/mol. The summed E-state index contributed by atoms with van der Waals surface area (Å²) in [5.41, 5.74) is 1.46. The molecule has 1 saturated heterocycles. The number of unbranched alkanes of at least 4 members (excludes halogenated alkanes) is 1. The summed E-state index contributed by atoms with van der Waals surface area (Å²) >= 11 is 1.43. The summed E-state index contributed by atoms with van der Waals surface area (Å²) in [6, 6.07) is 5.12. The van der Waals surface area contributed by atoms with Gasteiger partial charge in [0, 0.05) is 19.1 Å². The number of benzene rings is 1. The van der Waals surface area contributed by atoms with Gasteiger partial charge in [-0.05, 0) is 50.3 Å². The van der Waals surface area contributed by atoms with Crippen molar-refractivity contribution in [1.82, 2.24) is 14.5 Å². The lowest BCUT2D eigenvalue weighted by molar-refractivity contribution is -0.132. The number of hydrogen-bond donors (Lipinski definition) is 1. The maximum Gasteiger partial charge on any atom is 0.238 e. The van der Waals surface area contributed by atoms with Gasteiger partial charge in [0.1, 0.15) is 0 Å². The van der Waals surface area contributed by atoms with E-state index < -0.39 is 10.0 Å². The second kappa shape index (κ2) is 9.49. The molecule has 0 spiro atoms. The van der Waals surface area contributed by atoms with Crippen LogP contribution in [0, 0.1) is 0 Å². The maximum absolute atomic E-state index is 12.8. The highest BCUT2D eigenvalue weighted by Crippen LogP contribution is 2.28. The number of sulfonamides is 1. The number of carbonyl (C=O) groups excluding carboxylic acids is 1. The van der Waals surface area contributed by atoms with Gasteiger partial charge in [0.05, 0.1) is 21.7 Å². The molecule has 160 valence electrons. The van der Waals surface area contributed by atoms with Crippen LogP contribution in [0.25, 0.3) is 11.0 Å². The van der Waals surface area contributed by atoms with Crippen molar-refractivity contribution in [3.63, 3.8) is 0 Å². The minimum atomic E-state index is -3.78. The molecule has 29 heavy (non-hydrogen) atoms. The summed E-state index contributed by atoms with van der Waals surface area (Å²) in [4.78, 5) is 19.5. The molecule has 1 fully saturated rings. The van der Waals surface area contributed by atoms with Crippen molar-refractivity contribution in [1.29, 1.82) is 0 Å². The molecule has 3 rings (SSSR count). The summed E-state index contributed by atoms with van der Waals surface area (Å²) in [7, 11) is -3.78. The smallest absolute Gasteiger partial charge is 0.238 e. The molecule has 1 aromatic heterocycles. The Balaban J connectivity index is 1.84. The number of fused-ring (bicyclic) bond motifs is 1. The quantitative estimate of drug-likeness (QED) is 0.637. The van der Waals surface area contributed by atoms with Crippen molar-refractivity contribution >= 4 is 38.7 Å². The molecular weight excluding hydrogens is 408 g/mol. The SMILES string of the molecule is CCCCn1c(SCC(=O)N2CCCC[C@H]2CC)nc2cc(S(N)(=O)=O)ccc21. The molecule has 1 atom stereocenters.